The molecule has 0 saturated carbocycles. The van der Waals surface area contributed by atoms with E-state index in [2.05, 4.69) is 9.71 Å². The Morgan fingerprint density at radius 1 is 1.37 bits per heavy atom. The van der Waals surface area contributed by atoms with Crippen LogP contribution in [0.3, 0.4) is 0 Å². The molecule has 0 atom stereocenters. The van der Waals surface area contributed by atoms with Crippen molar-refractivity contribution < 1.29 is 8.42 Å². The predicted octanol–water partition coefficient (Wildman–Crippen LogP) is 0.530. The van der Waals surface area contributed by atoms with Crippen molar-refractivity contribution in [2.45, 2.75) is 18.7 Å². The van der Waals surface area contributed by atoms with Crippen molar-refractivity contribution >= 4 is 15.8 Å². The second kappa shape index (κ2) is 5.85. The van der Waals surface area contributed by atoms with E-state index >= 15 is 0 Å². The second-order valence-electron chi connectivity index (χ2n) is 5.65. The Morgan fingerprint density at radius 2 is 2.00 bits per heavy atom. The lowest BCUT2D eigenvalue weighted by Crippen LogP contribution is -2.39. The summed E-state index contributed by atoms with van der Waals surface area (Å²) in [5.41, 5.74) is 5.28. The summed E-state index contributed by atoms with van der Waals surface area (Å²) in [6, 6.07) is 2.92. The maximum atomic E-state index is 12.1. The molecular weight excluding hydrogens is 264 g/mol. The first-order chi connectivity index (χ1) is 8.62. The van der Waals surface area contributed by atoms with E-state index < -0.39 is 10.0 Å². The maximum Gasteiger partial charge on any atom is 0.242 e. The smallest absolute Gasteiger partial charge is 0.242 e. The number of hydrogen-bond donors (Lipinski definition) is 2. The quantitative estimate of drug-likeness (QED) is 0.796. The highest BCUT2D eigenvalue weighted by atomic mass is 32.2. The lowest BCUT2D eigenvalue weighted by molar-refractivity contribution is 0.242. The van der Waals surface area contributed by atoms with Crippen molar-refractivity contribution in [1.82, 2.24) is 14.6 Å². The molecule has 0 bridgehead atoms. The maximum absolute atomic E-state index is 12.1. The zero-order valence-electron chi connectivity index (χ0n) is 11.8. The normalized spacial score (nSPS) is 12.9. The molecular formula is C12H22N4O2S. The number of nitrogens with two attached hydrogens (primary N) is 1. The summed E-state index contributed by atoms with van der Waals surface area (Å²) in [6.45, 7) is 5.17. The van der Waals surface area contributed by atoms with Gasteiger partial charge in [0.15, 0.2) is 0 Å². The van der Waals surface area contributed by atoms with Crippen LogP contribution in [0.2, 0.25) is 0 Å². The van der Waals surface area contributed by atoms with Crippen LogP contribution in [0.25, 0.3) is 0 Å². The Kier molecular flexibility index (Phi) is 4.89. The van der Waals surface area contributed by atoms with Crippen LogP contribution in [-0.4, -0.2) is 45.5 Å². The molecule has 0 aliphatic heterocycles. The molecule has 1 rings (SSSR count). The van der Waals surface area contributed by atoms with E-state index in [-0.39, 0.29) is 10.3 Å². The molecule has 0 spiro atoms. The standard InChI is InChI=1S/C12H22N4O2S/c1-12(2,9-16(3)4)8-15-19(17,18)10-5-6-11(13)14-7-10/h5-7,15H,8-9H2,1-4H3,(H2,13,14). The van der Waals surface area contributed by atoms with Gasteiger partial charge in [0.2, 0.25) is 10.0 Å². The second-order valence-corrected chi connectivity index (χ2v) is 7.41. The Morgan fingerprint density at radius 3 is 2.47 bits per heavy atom. The van der Waals surface area contributed by atoms with Gasteiger partial charge in [0.1, 0.15) is 10.7 Å². The molecule has 1 aromatic heterocycles. The largest absolute Gasteiger partial charge is 0.384 e. The molecule has 0 aliphatic carbocycles. The van der Waals surface area contributed by atoms with E-state index in [9.17, 15) is 8.42 Å². The van der Waals surface area contributed by atoms with Crippen molar-refractivity contribution in [2.24, 2.45) is 5.41 Å². The monoisotopic (exact) mass is 286 g/mol. The van der Waals surface area contributed by atoms with Gasteiger partial charge in [-0.3, -0.25) is 0 Å². The summed E-state index contributed by atoms with van der Waals surface area (Å²) < 4.78 is 26.7. The van der Waals surface area contributed by atoms with Crippen molar-refractivity contribution in [1.29, 1.82) is 0 Å². The van der Waals surface area contributed by atoms with Crippen LogP contribution in [0.5, 0.6) is 0 Å². The number of nitrogens with one attached hydrogen (secondary N) is 1. The van der Waals surface area contributed by atoms with Crippen molar-refractivity contribution in [3.8, 4) is 0 Å². The number of anilines is 1. The lowest BCUT2D eigenvalue weighted by atomic mass is 9.93. The van der Waals surface area contributed by atoms with E-state index in [4.69, 9.17) is 5.73 Å². The number of nitrogen functional groups attached to an aromatic ring is 1. The molecule has 108 valence electrons. The molecule has 0 amide bonds. The molecule has 0 aromatic carbocycles. The molecule has 0 saturated heterocycles. The Labute approximate surface area is 115 Å². The van der Waals surface area contributed by atoms with Gasteiger partial charge in [-0.15, -0.1) is 0 Å². The fraction of sp³-hybridized carbons (Fsp3) is 0.583. The average Bonchev–Trinajstić information content (AvgIpc) is 2.26. The van der Waals surface area contributed by atoms with Gasteiger partial charge in [-0.05, 0) is 31.6 Å². The van der Waals surface area contributed by atoms with Crippen LogP contribution in [0.4, 0.5) is 5.82 Å². The van der Waals surface area contributed by atoms with Crippen LogP contribution in [0.15, 0.2) is 23.2 Å². The number of hydrogen-bond acceptors (Lipinski definition) is 5. The van der Waals surface area contributed by atoms with Gasteiger partial charge in [0.25, 0.3) is 0 Å². The lowest BCUT2D eigenvalue weighted by Gasteiger charge is -2.28. The highest BCUT2D eigenvalue weighted by Crippen LogP contribution is 2.16. The van der Waals surface area contributed by atoms with Crippen LogP contribution in [-0.2, 0) is 10.0 Å². The molecule has 3 N–H and O–H groups in total. The number of rotatable bonds is 6. The first kappa shape index (κ1) is 15.9. The van der Waals surface area contributed by atoms with Gasteiger partial charge in [0.05, 0.1) is 0 Å². The molecule has 0 unspecified atom stereocenters. The predicted molar refractivity (Wildman–Crippen MR) is 76.2 cm³/mol. The summed E-state index contributed by atoms with van der Waals surface area (Å²) in [5, 5.41) is 0. The zero-order chi connectivity index (χ0) is 14.7. The van der Waals surface area contributed by atoms with Gasteiger partial charge in [-0.25, -0.2) is 18.1 Å². The van der Waals surface area contributed by atoms with Crippen LogP contribution >= 0.6 is 0 Å². The minimum Gasteiger partial charge on any atom is -0.384 e. The molecule has 0 radical (unpaired) electrons. The Balaban J connectivity index is 2.73. The topological polar surface area (TPSA) is 88.3 Å². The van der Waals surface area contributed by atoms with Gasteiger partial charge in [-0.1, -0.05) is 13.8 Å². The summed E-state index contributed by atoms with van der Waals surface area (Å²) in [4.78, 5) is 5.94. The fourth-order valence-electron chi connectivity index (χ4n) is 1.84. The molecule has 6 nitrogen and oxygen atoms in total. The highest BCUT2D eigenvalue weighted by Gasteiger charge is 2.23. The molecule has 19 heavy (non-hydrogen) atoms. The van der Waals surface area contributed by atoms with Gasteiger partial charge in [-0.2, -0.15) is 0 Å². The number of sulfonamides is 1. The first-order valence-electron chi connectivity index (χ1n) is 5.98. The Hall–Kier alpha value is -1.18. The number of nitrogens with zero attached hydrogens (tertiary/aromatic N) is 2. The summed E-state index contributed by atoms with van der Waals surface area (Å²) in [7, 11) is 0.384. The van der Waals surface area contributed by atoms with E-state index in [1.807, 2.05) is 32.8 Å². The van der Waals surface area contributed by atoms with Gasteiger partial charge in [0, 0.05) is 19.3 Å². The third kappa shape index (κ3) is 5.14. The molecule has 0 aliphatic rings. The minimum absolute atomic E-state index is 0.127. The summed E-state index contributed by atoms with van der Waals surface area (Å²) in [6.07, 6.45) is 1.26. The molecule has 1 heterocycles. The van der Waals surface area contributed by atoms with Crippen LogP contribution in [0.1, 0.15) is 13.8 Å². The summed E-state index contributed by atoms with van der Waals surface area (Å²) >= 11 is 0. The van der Waals surface area contributed by atoms with E-state index in [1.165, 1.54) is 18.3 Å². The van der Waals surface area contributed by atoms with E-state index in [0.29, 0.717) is 12.4 Å². The van der Waals surface area contributed by atoms with Gasteiger partial charge >= 0.3 is 0 Å². The molecule has 0 fully saturated rings. The zero-order valence-corrected chi connectivity index (χ0v) is 12.7. The van der Waals surface area contributed by atoms with Crippen molar-refractivity contribution in [3.63, 3.8) is 0 Å². The third-order valence-corrected chi connectivity index (χ3v) is 3.94. The Bertz CT molecular complexity index is 509. The minimum atomic E-state index is -3.53. The summed E-state index contributed by atoms with van der Waals surface area (Å²) in [5.74, 6) is 0.298. The number of aromatic nitrogens is 1. The SMILES string of the molecule is CN(C)CC(C)(C)CNS(=O)(=O)c1ccc(N)nc1. The fourth-order valence-corrected chi connectivity index (χ4v) is 3.02. The van der Waals surface area contributed by atoms with E-state index in [1.54, 1.807) is 0 Å². The van der Waals surface area contributed by atoms with E-state index in [0.717, 1.165) is 6.54 Å². The van der Waals surface area contributed by atoms with Gasteiger partial charge < -0.3 is 10.6 Å². The molecule has 7 heteroatoms. The van der Waals surface area contributed by atoms with Crippen molar-refractivity contribution in [2.75, 3.05) is 32.9 Å². The highest BCUT2D eigenvalue weighted by molar-refractivity contribution is 7.89. The van der Waals surface area contributed by atoms with Crippen LogP contribution < -0.4 is 10.5 Å². The molecule has 1 aromatic rings. The number of pyridine rings is 1. The van der Waals surface area contributed by atoms with Crippen molar-refractivity contribution in [3.05, 3.63) is 18.3 Å². The first-order valence-corrected chi connectivity index (χ1v) is 7.47. The third-order valence-electron chi connectivity index (χ3n) is 2.55. The average molecular weight is 286 g/mol. The van der Waals surface area contributed by atoms with Crippen LogP contribution in [0, 0.1) is 5.41 Å².